The molecule has 0 unspecified atom stereocenters. The molecule has 2 fully saturated rings. The van der Waals surface area contributed by atoms with E-state index in [-0.39, 0.29) is 30.4 Å². The molecule has 5 rings (SSSR count). The van der Waals surface area contributed by atoms with E-state index < -0.39 is 5.60 Å². The molecule has 3 aliphatic rings. The van der Waals surface area contributed by atoms with Gasteiger partial charge in [0.15, 0.2) is 23.0 Å². The van der Waals surface area contributed by atoms with Crippen LogP contribution in [0.15, 0.2) is 42.5 Å². The summed E-state index contributed by atoms with van der Waals surface area (Å²) in [7, 11) is 0. The van der Waals surface area contributed by atoms with Crippen LogP contribution in [0.1, 0.15) is 56.2 Å². The first-order valence-corrected chi connectivity index (χ1v) is 12.0. The van der Waals surface area contributed by atoms with E-state index in [4.69, 9.17) is 14.2 Å². The minimum absolute atomic E-state index is 0.0703. The number of phenols is 1. The van der Waals surface area contributed by atoms with Crippen molar-refractivity contribution in [3.8, 4) is 23.0 Å². The number of aromatic hydroxyl groups is 1. The number of hydrogen-bond acceptors (Lipinski definition) is 6. The molecule has 1 saturated heterocycles. The largest absolute Gasteiger partial charge is 0.504 e. The van der Waals surface area contributed by atoms with Gasteiger partial charge < -0.3 is 29.3 Å². The van der Waals surface area contributed by atoms with E-state index in [1.165, 1.54) is 0 Å². The molecule has 0 bridgehead atoms. The van der Waals surface area contributed by atoms with Gasteiger partial charge in [-0.3, -0.25) is 4.79 Å². The Kier molecular flexibility index (Phi) is 6.13. The predicted octanol–water partition coefficient (Wildman–Crippen LogP) is 4.43. The SMILES string of the molecule is CCOc1cc([C@@H]2[C@@H]3CCCC[C@@]3(O)CCN2C(=O)/C=C/c2ccc3c(c2)OCO3)ccc1O. The molecule has 0 radical (unpaired) electrons. The Morgan fingerprint density at radius 1 is 1.18 bits per heavy atom. The summed E-state index contributed by atoms with van der Waals surface area (Å²) in [6.45, 7) is 2.96. The van der Waals surface area contributed by atoms with Gasteiger partial charge in [0, 0.05) is 18.5 Å². The fourth-order valence-corrected chi connectivity index (χ4v) is 5.61. The van der Waals surface area contributed by atoms with E-state index in [2.05, 4.69) is 0 Å². The minimum Gasteiger partial charge on any atom is -0.504 e. The highest BCUT2D eigenvalue weighted by Gasteiger charge is 2.50. The van der Waals surface area contributed by atoms with Gasteiger partial charge in [-0.25, -0.2) is 0 Å². The number of likely N-dealkylation sites (tertiary alicyclic amines) is 1. The molecular formula is C27H31NO6. The van der Waals surface area contributed by atoms with Gasteiger partial charge in [0.05, 0.1) is 18.2 Å². The van der Waals surface area contributed by atoms with Gasteiger partial charge in [-0.15, -0.1) is 0 Å². The molecule has 1 saturated carbocycles. The third-order valence-electron chi connectivity index (χ3n) is 7.29. The number of fused-ring (bicyclic) bond motifs is 2. The smallest absolute Gasteiger partial charge is 0.247 e. The summed E-state index contributed by atoms with van der Waals surface area (Å²) >= 11 is 0. The van der Waals surface area contributed by atoms with Gasteiger partial charge in [-0.2, -0.15) is 0 Å². The molecule has 2 aromatic carbocycles. The Balaban J connectivity index is 1.46. The molecule has 2 aromatic rings. The Labute approximate surface area is 199 Å². The molecule has 2 N–H and O–H groups in total. The van der Waals surface area contributed by atoms with Crippen molar-refractivity contribution in [2.75, 3.05) is 19.9 Å². The number of ether oxygens (including phenoxy) is 3. The highest BCUT2D eigenvalue weighted by molar-refractivity contribution is 5.92. The van der Waals surface area contributed by atoms with Crippen molar-refractivity contribution in [2.45, 2.75) is 50.7 Å². The Morgan fingerprint density at radius 3 is 2.88 bits per heavy atom. The lowest BCUT2D eigenvalue weighted by Crippen LogP contribution is -2.56. The first-order chi connectivity index (χ1) is 16.5. The van der Waals surface area contributed by atoms with E-state index >= 15 is 0 Å². The van der Waals surface area contributed by atoms with Gasteiger partial charge in [-0.1, -0.05) is 25.0 Å². The highest BCUT2D eigenvalue weighted by atomic mass is 16.7. The zero-order valence-electron chi connectivity index (χ0n) is 19.4. The molecular weight excluding hydrogens is 434 g/mol. The molecule has 7 heteroatoms. The molecule has 2 aliphatic heterocycles. The third-order valence-corrected chi connectivity index (χ3v) is 7.29. The summed E-state index contributed by atoms with van der Waals surface area (Å²) in [6.07, 6.45) is 7.55. The first-order valence-electron chi connectivity index (χ1n) is 12.0. The van der Waals surface area contributed by atoms with Crippen molar-refractivity contribution in [3.05, 3.63) is 53.6 Å². The van der Waals surface area contributed by atoms with Crippen LogP contribution in [-0.4, -0.2) is 46.6 Å². The highest BCUT2D eigenvalue weighted by Crippen LogP contribution is 2.50. The second kappa shape index (κ2) is 9.22. The second-order valence-corrected chi connectivity index (χ2v) is 9.29. The number of hydrogen-bond donors (Lipinski definition) is 2. The molecule has 2 heterocycles. The average molecular weight is 466 g/mol. The maximum Gasteiger partial charge on any atom is 0.247 e. The van der Waals surface area contributed by atoms with Crippen LogP contribution in [0.3, 0.4) is 0 Å². The fraction of sp³-hybridized carbons (Fsp3) is 0.444. The van der Waals surface area contributed by atoms with E-state index in [0.29, 0.717) is 36.8 Å². The maximum atomic E-state index is 13.5. The first kappa shape index (κ1) is 22.6. The number of amides is 1. The second-order valence-electron chi connectivity index (χ2n) is 9.29. The average Bonchev–Trinajstić information content (AvgIpc) is 3.31. The number of benzene rings is 2. The summed E-state index contributed by atoms with van der Waals surface area (Å²) in [5.74, 6) is 1.66. The van der Waals surface area contributed by atoms with E-state index in [9.17, 15) is 15.0 Å². The molecule has 0 spiro atoms. The summed E-state index contributed by atoms with van der Waals surface area (Å²) in [5.41, 5.74) is 0.935. The Bertz CT molecular complexity index is 1100. The fourth-order valence-electron chi connectivity index (χ4n) is 5.61. The van der Waals surface area contributed by atoms with Crippen molar-refractivity contribution in [1.29, 1.82) is 0 Å². The number of rotatable bonds is 5. The van der Waals surface area contributed by atoms with Gasteiger partial charge in [0.2, 0.25) is 12.7 Å². The lowest BCUT2D eigenvalue weighted by molar-refractivity contribution is -0.150. The van der Waals surface area contributed by atoms with Crippen molar-refractivity contribution in [3.63, 3.8) is 0 Å². The standard InChI is InChI=1S/C27H31NO6/c1-2-32-23-16-19(8-9-21(23)29)26-20-5-3-4-12-27(20,31)13-14-28(26)25(30)11-7-18-6-10-22-24(15-18)34-17-33-22/h6-11,15-16,20,26,29,31H,2-5,12-14,17H2,1H3/b11-7+/t20-,26+,27+/m0/s1. The van der Waals surface area contributed by atoms with Crippen molar-refractivity contribution < 1.29 is 29.2 Å². The molecule has 0 aromatic heterocycles. The number of carbonyl (C=O) groups excluding carboxylic acids is 1. The van der Waals surface area contributed by atoms with E-state index in [0.717, 1.165) is 36.8 Å². The Hall–Kier alpha value is -3.19. The van der Waals surface area contributed by atoms with Crippen LogP contribution in [0.25, 0.3) is 6.08 Å². The summed E-state index contributed by atoms with van der Waals surface area (Å²) in [6, 6.07) is 10.5. The van der Waals surface area contributed by atoms with Crippen LogP contribution in [0.5, 0.6) is 23.0 Å². The van der Waals surface area contributed by atoms with Gasteiger partial charge in [-0.05, 0) is 67.7 Å². The molecule has 1 amide bonds. The van der Waals surface area contributed by atoms with Crippen LogP contribution in [0.4, 0.5) is 0 Å². The number of phenolic OH excluding ortho intramolecular Hbond substituents is 1. The van der Waals surface area contributed by atoms with E-state index in [1.54, 1.807) is 18.2 Å². The van der Waals surface area contributed by atoms with Gasteiger partial charge in [0.25, 0.3) is 0 Å². The lowest BCUT2D eigenvalue weighted by atomic mass is 9.66. The monoisotopic (exact) mass is 465 g/mol. The quantitative estimate of drug-likeness (QED) is 0.636. The normalized spacial score (nSPS) is 25.9. The third kappa shape index (κ3) is 4.20. The minimum atomic E-state index is -0.787. The van der Waals surface area contributed by atoms with Crippen LogP contribution in [0.2, 0.25) is 0 Å². The van der Waals surface area contributed by atoms with Gasteiger partial charge >= 0.3 is 0 Å². The summed E-state index contributed by atoms with van der Waals surface area (Å²) < 4.78 is 16.4. The maximum absolute atomic E-state index is 13.5. The number of carbonyl (C=O) groups is 1. The van der Waals surface area contributed by atoms with Gasteiger partial charge in [0.1, 0.15) is 0 Å². The van der Waals surface area contributed by atoms with Crippen LogP contribution >= 0.6 is 0 Å². The summed E-state index contributed by atoms with van der Waals surface area (Å²) in [4.78, 5) is 15.3. The van der Waals surface area contributed by atoms with E-state index in [1.807, 2.05) is 42.2 Å². The van der Waals surface area contributed by atoms with Crippen LogP contribution in [-0.2, 0) is 4.79 Å². The molecule has 3 atom stereocenters. The molecule has 1 aliphatic carbocycles. The Morgan fingerprint density at radius 2 is 2.03 bits per heavy atom. The van der Waals surface area contributed by atoms with Crippen LogP contribution < -0.4 is 14.2 Å². The lowest BCUT2D eigenvalue weighted by Gasteiger charge is -2.52. The number of piperidine rings is 1. The van der Waals surface area contributed by atoms with Crippen molar-refractivity contribution >= 4 is 12.0 Å². The number of aliphatic hydroxyl groups is 1. The van der Waals surface area contributed by atoms with Crippen molar-refractivity contribution in [1.82, 2.24) is 4.90 Å². The molecule has 180 valence electrons. The molecule has 7 nitrogen and oxygen atoms in total. The molecule has 34 heavy (non-hydrogen) atoms. The van der Waals surface area contributed by atoms with Crippen molar-refractivity contribution in [2.24, 2.45) is 5.92 Å². The summed E-state index contributed by atoms with van der Waals surface area (Å²) in [5, 5.41) is 21.7. The zero-order valence-corrected chi connectivity index (χ0v) is 19.4. The van der Waals surface area contributed by atoms with Crippen LogP contribution in [0, 0.1) is 5.92 Å². The predicted molar refractivity (Wildman–Crippen MR) is 127 cm³/mol. The number of nitrogens with zero attached hydrogens (tertiary/aromatic N) is 1. The zero-order chi connectivity index (χ0) is 23.7. The topological polar surface area (TPSA) is 88.5 Å².